The fourth-order valence-corrected chi connectivity index (χ4v) is 3.28. The minimum Gasteiger partial charge on any atom is -0.495 e. The lowest BCUT2D eigenvalue weighted by Crippen LogP contribution is -2.38. The van der Waals surface area contributed by atoms with E-state index in [1.165, 1.54) is 7.11 Å². The number of hydrogen-bond acceptors (Lipinski definition) is 3. The molecule has 3 unspecified atom stereocenters. The third-order valence-electron chi connectivity index (χ3n) is 4.51. The standard InChI is InChI=1S/C17H22ClNO4/c1-9-4-5-11(12(6-9)17(21)22)16(20)19-14-8-13(18)10(2)7-15(14)23-3/h7-9,11-12H,4-6H2,1-3H3,(H,19,20)(H,21,22). The number of carbonyl (C=O) groups excluding carboxylic acids is 1. The Morgan fingerprint density at radius 3 is 2.61 bits per heavy atom. The summed E-state index contributed by atoms with van der Waals surface area (Å²) in [6.45, 7) is 3.87. The number of carboxylic acid groups (broad SMARTS) is 1. The fourth-order valence-electron chi connectivity index (χ4n) is 3.11. The largest absolute Gasteiger partial charge is 0.495 e. The molecule has 3 atom stereocenters. The lowest BCUT2D eigenvalue weighted by atomic mass is 9.74. The number of aliphatic carboxylic acids is 1. The van der Waals surface area contributed by atoms with E-state index < -0.39 is 17.8 Å². The second-order valence-electron chi connectivity index (χ2n) is 6.26. The Bertz CT molecular complexity index is 617. The molecule has 0 spiro atoms. The molecule has 6 heteroatoms. The number of aryl methyl sites for hydroxylation is 1. The molecule has 1 amide bonds. The quantitative estimate of drug-likeness (QED) is 0.876. The number of halogens is 1. The van der Waals surface area contributed by atoms with Gasteiger partial charge in [-0.05, 0) is 49.8 Å². The minimum absolute atomic E-state index is 0.289. The van der Waals surface area contributed by atoms with Crippen LogP contribution in [0.15, 0.2) is 12.1 Å². The molecule has 0 aromatic heterocycles. The highest BCUT2D eigenvalue weighted by molar-refractivity contribution is 6.31. The van der Waals surface area contributed by atoms with Crippen LogP contribution in [0.4, 0.5) is 5.69 Å². The van der Waals surface area contributed by atoms with Gasteiger partial charge in [0.2, 0.25) is 5.91 Å². The monoisotopic (exact) mass is 339 g/mol. The van der Waals surface area contributed by atoms with E-state index in [1.54, 1.807) is 12.1 Å². The summed E-state index contributed by atoms with van der Waals surface area (Å²) in [5, 5.41) is 12.7. The van der Waals surface area contributed by atoms with Gasteiger partial charge in [0.15, 0.2) is 0 Å². The molecular weight excluding hydrogens is 318 g/mol. The molecule has 2 N–H and O–H groups in total. The summed E-state index contributed by atoms with van der Waals surface area (Å²) in [4.78, 5) is 24.0. The Morgan fingerprint density at radius 1 is 1.30 bits per heavy atom. The Kier molecular flexibility index (Phi) is 5.52. The lowest BCUT2D eigenvalue weighted by Gasteiger charge is -2.31. The normalized spacial score (nSPS) is 24.1. The number of benzene rings is 1. The summed E-state index contributed by atoms with van der Waals surface area (Å²) >= 11 is 6.11. The number of ether oxygens (including phenoxy) is 1. The van der Waals surface area contributed by atoms with Crippen LogP contribution in [0, 0.1) is 24.7 Å². The molecule has 5 nitrogen and oxygen atoms in total. The third kappa shape index (κ3) is 3.96. The van der Waals surface area contributed by atoms with Gasteiger partial charge in [-0.25, -0.2) is 0 Å². The van der Waals surface area contributed by atoms with Crippen LogP contribution in [-0.2, 0) is 9.59 Å². The highest BCUT2D eigenvalue weighted by Gasteiger charge is 2.38. The van der Waals surface area contributed by atoms with E-state index >= 15 is 0 Å². The topological polar surface area (TPSA) is 75.6 Å². The maximum absolute atomic E-state index is 12.6. The number of hydrogen-bond donors (Lipinski definition) is 2. The molecule has 0 bridgehead atoms. The van der Waals surface area contributed by atoms with Crippen molar-refractivity contribution < 1.29 is 19.4 Å². The van der Waals surface area contributed by atoms with Gasteiger partial charge in [-0.1, -0.05) is 18.5 Å². The van der Waals surface area contributed by atoms with Crippen molar-refractivity contribution in [2.24, 2.45) is 17.8 Å². The number of carbonyl (C=O) groups is 2. The van der Waals surface area contributed by atoms with Gasteiger partial charge >= 0.3 is 5.97 Å². The molecule has 0 saturated heterocycles. The van der Waals surface area contributed by atoms with Crippen LogP contribution in [0.2, 0.25) is 5.02 Å². The number of amides is 1. The Balaban J connectivity index is 2.21. The van der Waals surface area contributed by atoms with Crippen LogP contribution < -0.4 is 10.1 Å². The van der Waals surface area contributed by atoms with Crippen molar-refractivity contribution in [1.82, 2.24) is 0 Å². The van der Waals surface area contributed by atoms with Crippen molar-refractivity contribution in [2.45, 2.75) is 33.1 Å². The molecule has 1 aliphatic carbocycles. The first-order chi connectivity index (χ1) is 10.8. The van der Waals surface area contributed by atoms with Crippen LogP contribution in [0.25, 0.3) is 0 Å². The lowest BCUT2D eigenvalue weighted by molar-refractivity contribution is -0.148. The molecule has 1 aromatic rings. The average Bonchev–Trinajstić information content (AvgIpc) is 2.50. The van der Waals surface area contributed by atoms with E-state index in [4.69, 9.17) is 16.3 Å². The van der Waals surface area contributed by atoms with Gasteiger partial charge in [0.25, 0.3) is 0 Å². The summed E-state index contributed by atoms with van der Waals surface area (Å²) < 4.78 is 5.27. The van der Waals surface area contributed by atoms with Crippen LogP contribution >= 0.6 is 11.6 Å². The molecule has 23 heavy (non-hydrogen) atoms. The zero-order valence-corrected chi connectivity index (χ0v) is 14.3. The number of carboxylic acids is 1. The zero-order chi connectivity index (χ0) is 17.1. The molecule has 1 fully saturated rings. The van der Waals surface area contributed by atoms with Crippen molar-refractivity contribution in [3.8, 4) is 5.75 Å². The van der Waals surface area contributed by atoms with E-state index in [1.807, 2.05) is 13.8 Å². The number of rotatable bonds is 4. The van der Waals surface area contributed by atoms with Crippen molar-refractivity contribution in [3.63, 3.8) is 0 Å². The SMILES string of the molecule is COc1cc(C)c(Cl)cc1NC(=O)C1CCC(C)CC1C(=O)O. The second kappa shape index (κ2) is 7.21. The van der Waals surface area contributed by atoms with Gasteiger partial charge in [0.05, 0.1) is 24.6 Å². The van der Waals surface area contributed by atoms with Crippen LogP contribution in [0.5, 0.6) is 5.75 Å². The van der Waals surface area contributed by atoms with Gasteiger partial charge in [0.1, 0.15) is 5.75 Å². The summed E-state index contributed by atoms with van der Waals surface area (Å²) in [7, 11) is 1.51. The molecule has 0 radical (unpaired) electrons. The van der Waals surface area contributed by atoms with Gasteiger partial charge < -0.3 is 15.2 Å². The van der Waals surface area contributed by atoms with Gasteiger partial charge in [0, 0.05) is 5.02 Å². The molecule has 0 heterocycles. The maximum Gasteiger partial charge on any atom is 0.307 e. The molecule has 1 aromatic carbocycles. The molecule has 2 rings (SSSR count). The molecular formula is C17H22ClNO4. The van der Waals surface area contributed by atoms with Crippen molar-refractivity contribution in [1.29, 1.82) is 0 Å². The second-order valence-corrected chi connectivity index (χ2v) is 6.67. The first-order valence-electron chi connectivity index (χ1n) is 7.71. The van der Waals surface area contributed by atoms with Crippen LogP contribution in [0.3, 0.4) is 0 Å². The first kappa shape index (κ1) is 17.6. The number of anilines is 1. The van der Waals surface area contributed by atoms with Gasteiger partial charge in [-0.15, -0.1) is 0 Å². The molecule has 0 aliphatic heterocycles. The number of nitrogens with one attached hydrogen (secondary N) is 1. The van der Waals surface area contributed by atoms with E-state index in [2.05, 4.69) is 5.32 Å². The molecule has 1 aliphatic rings. The smallest absolute Gasteiger partial charge is 0.307 e. The molecule has 126 valence electrons. The highest BCUT2D eigenvalue weighted by atomic mass is 35.5. The highest BCUT2D eigenvalue weighted by Crippen LogP contribution is 2.36. The van der Waals surface area contributed by atoms with Gasteiger partial charge in [-0.2, -0.15) is 0 Å². The van der Waals surface area contributed by atoms with Crippen molar-refractivity contribution >= 4 is 29.2 Å². The van der Waals surface area contributed by atoms with Gasteiger partial charge in [-0.3, -0.25) is 9.59 Å². The molecule has 1 saturated carbocycles. The van der Waals surface area contributed by atoms with E-state index in [9.17, 15) is 14.7 Å². The average molecular weight is 340 g/mol. The van der Waals surface area contributed by atoms with Crippen LogP contribution in [-0.4, -0.2) is 24.1 Å². The predicted octanol–water partition coefficient (Wildman–Crippen LogP) is 3.73. The maximum atomic E-state index is 12.6. The fraction of sp³-hybridized carbons (Fsp3) is 0.529. The first-order valence-corrected chi connectivity index (χ1v) is 8.09. The third-order valence-corrected chi connectivity index (χ3v) is 4.91. The van der Waals surface area contributed by atoms with E-state index in [-0.39, 0.29) is 5.91 Å². The van der Waals surface area contributed by atoms with Crippen LogP contribution in [0.1, 0.15) is 31.7 Å². The number of methoxy groups -OCH3 is 1. The summed E-state index contributed by atoms with van der Waals surface area (Å²) in [6.07, 6.45) is 1.96. The minimum atomic E-state index is -0.911. The Hall–Kier alpha value is -1.75. The summed E-state index contributed by atoms with van der Waals surface area (Å²) in [5.74, 6) is -1.55. The Labute approximate surface area is 141 Å². The predicted molar refractivity (Wildman–Crippen MR) is 89.0 cm³/mol. The van der Waals surface area contributed by atoms with Crippen molar-refractivity contribution in [3.05, 3.63) is 22.7 Å². The zero-order valence-electron chi connectivity index (χ0n) is 13.6. The van der Waals surface area contributed by atoms with E-state index in [0.29, 0.717) is 35.2 Å². The van der Waals surface area contributed by atoms with E-state index in [0.717, 1.165) is 12.0 Å². The summed E-state index contributed by atoms with van der Waals surface area (Å²) in [5.41, 5.74) is 1.31. The van der Waals surface area contributed by atoms with Crippen molar-refractivity contribution in [2.75, 3.05) is 12.4 Å². The summed E-state index contributed by atoms with van der Waals surface area (Å²) in [6, 6.07) is 3.38. The Morgan fingerprint density at radius 2 is 2.00 bits per heavy atom.